The molecule has 2 N–H and O–H groups in total. The summed E-state index contributed by atoms with van der Waals surface area (Å²) in [6.07, 6.45) is 1.80. The Bertz CT molecular complexity index is 911. The maximum atomic E-state index is 4.67. The number of benzene rings is 3. The molecule has 0 bridgehead atoms. The number of rotatable bonds is 5. The molecule has 0 radical (unpaired) electrons. The second-order valence-corrected chi connectivity index (χ2v) is 5.91. The Balaban J connectivity index is 1.69. The monoisotopic (exact) mass is 325 g/mol. The van der Waals surface area contributed by atoms with Gasteiger partial charge in [-0.2, -0.15) is 0 Å². The van der Waals surface area contributed by atoms with Crippen molar-refractivity contribution in [2.75, 3.05) is 10.6 Å². The summed E-state index contributed by atoms with van der Waals surface area (Å²) in [5, 5.41) is 9.40. The topological polar surface area (TPSA) is 37.0 Å². The first kappa shape index (κ1) is 15.2. The third-order valence-electron chi connectivity index (χ3n) is 4.12. The van der Waals surface area contributed by atoms with Crippen LogP contribution in [-0.4, -0.2) is 4.98 Å². The molecule has 0 aliphatic rings. The maximum absolute atomic E-state index is 4.67. The lowest BCUT2D eigenvalue weighted by Gasteiger charge is -2.22. The van der Waals surface area contributed by atoms with Crippen molar-refractivity contribution in [1.82, 2.24) is 4.98 Å². The van der Waals surface area contributed by atoms with Gasteiger partial charge in [-0.05, 0) is 35.7 Å². The number of hydrogen-bond donors (Lipinski definition) is 2. The van der Waals surface area contributed by atoms with Crippen LogP contribution in [0.25, 0.3) is 10.8 Å². The Hall–Kier alpha value is -3.33. The van der Waals surface area contributed by atoms with Crippen molar-refractivity contribution in [2.24, 2.45) is 0 Å². The molecule has 1 aromatic heterocycles. The molecule has 1 heterocycles. The van der Waals surface area contributed by atoms with E-state index >= 15 is 0 Å². The Morgan fingerprint density at radius 3 is 1.72 bits per heavy atom. The van der Waals surface area contributed by atoms with Crippen LogP contribution in [0.5, 0.6) is 0 Å². The molecule has 122 valence electrons. The minimum absolute atomic E-state index is 0.130. The van der Waals surface area contributed by atoms with E-state index in [-0.39, 0.29) is 6.17 Å². The molecule has 0 aliphatic heterocycles. The van der Waals surface area contributed by atoms with Gasteiger partial charge in [0.05, 0.1) is 5.69 Å². The highest BCUT2D eigenvalue weighted by atomic mass is 15.1. The highest BCUT2D eigenvalue weighted by Gasteiger charge is 2.13. The largest absolute Gasteiger partial charge is 0.360 e. The van der Waals surface area contributed by atoms with Crippen molar-refractivity contribution >= 4 is 22.1 Å². The van der Waals surface area contributed by atoms with Crippen LogP contribution < -0.4 is 10.6 Å². The van der Waals surface area contributed by atoms with Crippen LogP contribution in [0.15, 0.2) is 97.2 Å². The Morgan fingerprint density at radius 1 is 0.600 bits per heavy atom. The third kappa shape index (κ3) is 3.61. The van der Waals surface area contributed by atoms with Gasteiger partial charge < -0.3 is 10.6 Å². The summed E-state index contributed by atoms with van der Waals surface area (Å²) in [5.74, 6) is 0. The van der Waals surface area contributed by atoms with Gasteiger partial charge in [-0.15, -0.1) is 0 Å². The molecule has 0 atom stereocenters. The fourth-order valence-corrected chi connectivity index (χ4v) is 2.84. The molecular weight excluding hydrogens is 306 g/mol. The van der Waals surface area contributed by atoms with E-state index in [0.29, 0.717) is 0 Å². The van der Waals surface area contributed by atoms with Crippen LogP contribution >= 0.6 is 0 Å². The number of nitrogens with one attached hydrogen (secondary N) is 2. The van der Waals surface area contributed by atoms with E-state index in [9.17, 15) is 0 Å². The molecule has 0 amide bonds. The second-order valence-electron chi connectivity index (χ2n) is 5.91. The number of para-hydroxylation sites is 2. The van der Waals surface area contributed by atoms with Crippen LogP contribution in [0.3, 0.4) is 0 Å². The molecule has 0 saturated carbocycles. The van der Waals surface area contributed by atoms with Gasteiger partial charge in [-0.1, -0.05) is 60.7 Å². The van der Waals surface area contributed by atoms with Crippen molar-refractivity contribution in [1.29, 1.82) is 0 Å². The van der Waals surface area contributed by atoms with Gasteiger partial charge in [0.25, 0.3) is 0 Å². The lowest BCUT2D eigenvalue weighted by atomic mass is 10.1. The minimum atomic E-state index is -0.130. The van der Waals surface area contributed by atoms with Crippen molar-refractivity contribution in [3.05, 3.63) is 103 Å². The van der Waals surface area contributed by atoms with Crippen molar-refractivity contribution < 1.29 is 0 Å². The molecule has 0 fully saturated rings. The van der Waals surface area contributed by atoms with Gasteiger partial charge in [-0.25, -0.2) is 0 Å². The van der Waals surface area contributed by atoms with E-state index in [1.54, 1.807) is 0 Å². The standard InChI is InChI=1S/C22H19N3/c1-3-11-19(12-4-1)24-22(25-20-13-5-2-6-14-20)21-15-17-9-7-8-10-18(17)16-23-21/h1-16,22,24-25H. The fourth-order valence-electron chi connectivity index (χ4n) is 2.84. The van der Waals surface area contributed by atoms with Crippen molar-refractivity contribution in [3.63, 3.8) is 0 Å². The highest BCUT2D eigenvalue weighted by Crippen LogP contribution is 2.23. The van der Waals surface area contributed by atoms with Gasteiger partial charge in [0.1, 0.15) is 6.17 Å². The molecule has 4 aromatic rings. The summed E-state index contributed by atoms with van der Waals surface area (Å²) in [4.78, 5) is 4.67. The maximum Gasteiger partial charge on any atom is 0.140 e. The zero-order valence-corrected chi connectivity index (χ0v) is 13.8. The van der Waals surface area contributed by atoms with Gasteiger partial charge >= 0.3 is 0 Å². The molecule has 25 heavy (non-hydrogen) atoms. The molecule has 4 rings (SSSR count). The molecule has 3 heteroatoms. The average molecular weight is 325 g/mol. The predicted molar refractivity (Wildman–Crippen MR) is 105 cm³/mol. The van der Waals surface area contributed by atoms with E-state index < -0.39 is 0 Å². The number of fused-ring (bicyclic) bond motifs is 1. The molecule has 3 aromatic carbocycles. The fraction of sp³-hybridized carbons (Fsp3) is 0.0455. The number of nitrogens with zero attached hydrogens (tertiary/aromatic N) is 1. The Kier molecular flexibility index (Phi) is 4.29. The number of hydrogen-bond acceptors (Lipinski definition) is 3. The summed E-state index contributed by atoms with van der Waals surface area (Å²) in [5.41, 5.74) is 3.04. The molecule has 0 saturated heterocycles. The normalized spacial score (nSPS) is 10.8. The first-order chi connectivity index (χ1) is 12.4. The summed E-state index contributed by atoms with van der Waals surface area (Å²) in [6, 6.07) is 30.8. The lowest BCUT2D eigenvalue weighted by molar-refractivity contribution is 0.859. The van der Waals surface area contributed by atoms with E-state index in [0.717, 1.165) is 22.5 Å². The minimum Gasteiger partial charge on any atom is -0.360 e. The zero-order chi connectivity index (χ0) is 16.9. The van der Waals surface area contributed by atoms with Crippen LogP contribution in [0.2, 0.25) is 0 Å². The molecule has 0 unspecified atom stereocenters. The van der Waals surface area contributed by atoms with Gasteiger partial charge in [0.15, 0.2) is 0 Å². The SMILES string of the molecule is c1ccc(NC(Nc2ccccc2)c2cc3ccccc3cn2)cc1. The average Bonchev–Trinajstić information content (AvgIpc) is 2.69. The first-order valence-electron chi connectivity index (χ1n) is 8.36. The summed E-state index contributed by atoms with van der Waals surface area (Å²) < 4.78 is 0. The quantitative estimate of drug-likeness (QED) is 0.479. The van der Waals surface area contributed by atoms with Crippen LogP contribution in [0.4, 0.5) is 11.4 Å². The van der Waals surface area contributed by atoms with Gasteiger partial charge in [0.2, 0.25) is 0 Å². The first-order valence-corrected chi connectivity index (χ1v) is 8.36. The number of anilines is 2. The van der Waals surface area contributed by atoms with E-state index in [2.05, 4.69) is 64.1 Å². The highest BCUT2D eigenvalue weighted by molar-refractivity contribution is 5.82. The van der Waals surface area contributed by atoms with E-state index in [1.165, 1.54) is 5.39 Å². The Labute approximate surface area is 147 Å². The van der Waals surface area contributed by atoms with E-state index in [1.807, 2.05) is 48.7 Å². The zero-order valence-electron chi connectivity index (χ0n) is 13.8. The predicted octanol–water partition coefficient (Wildman–Crippen LogP) is 5.46. The van der Waals surface area contributed by atoms with Crippen molar-refractivity contribution in [2.45, 2.75) is 6.17 Å². The smallest absolute Gasteiger partial charge is 0.140 e. The van der Waals surface area contributed by atoms with Crippen molar-refractivity contribution in [3.8, 4) is 0 Å². The summed E-state index contributed by atoms with van der Waals surface area (Å²) >= 11 is 0. The second kappa shape index (κ2) is 7.05. The van der Waals surface area contributed by atoms with Gasteiger partial charge in [-0.3, -0.25) is 4.98 Å². The third-order valence-corrected chi connectivity index (χ3v) is 4.12. The summed E-state index contributed by atoms with van der Waals surface area (Å²) in [7, 11) is 0. The molecular formula is C22H19N3. The molecule has 0 aliphatic carbocycles. The summed E-state index contributed by atoms with van der Waals surface area (Å²) in [6.45, 7) is 0. The van der Waals surface area contributed by atoms with Crippen LogP contribution in [0.1, 0.15) is 11.9 Å². The van der Waals surface area contributed by atoms with Crippen LogP contribution in [-0.2, 0) is 0 Å². The molecule has 3 nitrogen and oxygen atoms in total. The van der Waals surface area contributed by atoms with Gasteiger partial charge in [0, 0.05) is 23.0 Å². The van der Waals surface area contributed by atoms with E-state index in [4.69, 9.17) is 0 Å². The Morgan fingerprint density at radius 2 is 1.12 bits per heavy atom. The molecule has 0 spiro atoms. The number of pyridine rings is 1. The number of aromatic nitrogens is 1. The lowest BCUT2D eigenvalue weighted by Crippen LogP contribution is -2.21. The van der Waals surface area contributed by atoms with Crippen LogP contribution in [0, 0.1) is 0 Å².